The van der Waals surface area contributed by atoms with Crippen LogP contribution >= 0.6 is 23.4 Å². The quantitative estimate of drug-likeness (QED) is 0.437. The molecule has 1 saturated heterocycles. The Kier molecular flexibility index (Phi) is 8.05. The average molecular weight is 460 g/mol. The molecule has 2 aromatic carbocycles. The molecule has 0 radical (unpaired) electrons. The Morgan fingerprint density at radius 1 is 1.20 bits per heavy atom. The number of benzene rings is 2. The molecule has 0 aliphatic carbocycles. The van der Waals surface area contributed by atoms with E-state index in [1.165, 1.54) is 17.8 Å². The molecule has 1 aliphatic rings. The fourth-order valence-electron chi connectivity index (χ4n) is 3.26. The molecular formula is C21H21ClF3NO3S. The number of halogens is 4. The number of nitrogens with one attached hydrogen (secondary N) is 1. The van der Waals surface area contributed by atoms with Crippen molar-refractivity contribution in [3.63, 3.8) is 0 Å². The summed E-state index contributed by atoms with van der Waals surface area (Å²) in [5.41, 5.74) is 0.0168. The third kappa shape index (κ3) is 5.91. The molecule has 1 unspecified atom stereocenters. The highest BCUT2D eigenvalue weighted by Crippen LogP contribution is 2.35. The van der Waals surface area contributed by atoms with E-state index in [1.54, 1.807) is 12.1 Å². The molecule has 1 amide bonds. The summed E-state index contributed by atoms with van der Waals surface area (Å²) in [7, 11) is 0. The third-order valence-corrected chi connectivity index (χ3v) is 6.58. The van der Waals surface area contributed by atoms with Crippen molar-refractivity contribution in [3.8, 4) is 0 Å². The molecule has 0 spiro atoms. The molecule has 4 nitrogen and oxygen atoms in total. The highest BCUT2D eigenvalue weighted by Gasteiger charge is 2.21. The van der Waals surface area contributed by atoms with Gasteiger partial charge in [0.05, 0.1) is 11.6 Å². The van der Waals surface area contributed by atoms with Gasteiger partial charge in [-0.25, -0.2) is 13.2 Å². The average Bonchev–Trinajstić information content (AvgIpc) is 2.73. The first-order valence-electron chi connectivity index (χ1n) is 9.48. The highest BCUT2D eigenvalue weighted by molar-refractivity contribution is 8.00. The van der Waals surface area contributed by atoms with Crippen molar-refractivity contribution in [2.75, 3.05) is 25.1 Å². The largest absolute Gasteiger partial charge is 0.395 e. The first kappa shape index (κ1) is 22.9. The van der Waals surface area contributed by atoms with E-state index in [9.17, 15) is 23.1 Å². The van der Waals surface area contributed by atoms with E-state index >= 15 is 0 Å². The number of rotatable bonds is 7. The molecular weight excluding hydrogens is 439 g/mol. The van der Waals surface area contributed by atoms with E-state index in [2.05, 4.69) is 5.32 Å². The molecule has 162 valence electrons. The zero-order chi connectivity index (χ0) is 21.7. The second-order valence-electron chi connectivity index (χ2n) is 7.07. The molecule has 1 heterocycles. The van der Waals surface area contributed by atoms with Gasteiger partial charge in [-0.15, -0.1) is 11.8 Å². The number of amides is 1. The SMILES string of the molecule is O=C(Nc1cc(F)c(F)c(F)c1)c1ccc(Cl)c(SC(CO)CC2CCOCC2)c1. The van der Waals surface area contributed by atoms with Gasteiger partial charge < -0.3 is 15.2 Å². The Hall–Kier alpha value is -1.74. The Morgan fingerprint density at radius 3 is 2.50 bits per heavy atom. The summed E-state index contributed by atoms with van der Waals surface area (Å²) in [6, 6.07) is 6.00. The van der Waals surface area contributed by atoms with E-state index in [0.29, 0.717) is 41.2 Å². The van der Waals surface area contributed by atoms with E-state index in [1.807, 2.05) is 0 Å². The number of hydrogen-bond acceptors (Lipinski definition) is 4. The molecule has 2 aromatic rings. The Morgan fingerprint density at radius 2 is 1.87 bits per heavy atom. The standard InChI is InChI=1S/C21H21ClF3NO3S/c22-16-2-1-13(21(28)26-14-9-17(23)20(25)18(24)10-14)8-19(16)30-15(11-27)7-12-3-5-29-6-4-12/h1-2,8-10,12,15,27H,3-7,11H2,(H,26,28). The Bertz CT molecular complexity index is 886. The van der Waals surface area contributed by atoms with Gasteiger partial charge in [-0.2, -0.15) is 0 Å². The van der Waals surface area contributed by atoms with E-state index in [0.717, 1.165) is 19.3 Å². The number of aliphatic hydroxyl groups excluding tert-OH is 1. The first-order chi connectivity index (χ1) is 14.4. The Labute approximate surface area is 181 Å². The van der Waals surface area contributed by atoms with Gasteiger partial charge in [-0.3, -0.25) is 4.79 Å². The van der Waals surface area contributed by atoms with Gasteiger partial charge in [-0.05, 0) is 43.4 Å². The lowest BCUT2D eigenvalue weighted by Crippen LogP contribution is -2.21. The van der Waals surface area contributed by atoms with Crippen LogP contribution in [-0.2, 0) is 4.74 Å². The summed E-state index contributed by atoms with van der Waals surface area (Å²) in [6.45, 7) is 1.39. The summed E-state index contributed by atoms with van der Waals surface area (Å²) < 4.78 is 45.2. The second kappa shape index (κ2) is 10.5. The normalized spacial score (nSPS) is 15.8. The summed E-state index contributed by atoms with van der Waals surface area (Å²) in [5, 5.41) is 12.5. The van der Waals surface area contributed by atoms with Crippen LogP contribution in [0.15, 0.2) is 35.2 Å². The topological polar surface area (TPSA) is 58.6 Å². The maximum Gasteiger partial charge on any atom is 0.255 e. The first-order valence-corrected chi connectivity index (χ1v) is 10.7. The van der Waals surface area contributed by atoms with Crippen LogP contribution in [-0.4, -0.2) is 36.1 Å². The predicted octanol–water partition coefficient (Wildman–Crippen LogP) is 5.28. The van der Waals surface area contributed by atoms with Gasteiger partial charge in [-0.1, -0.05) is 11.6 Å². The smallest absolute Gasteiger partial charge is 0.255 e. The van der Waals surface area contributed by atoms with Crippen LogP contribution in [0.1, 0.15) is 29.6 Å². The lowest BCUT2D eigenvalue weighted by molar-refractivity contribution is 0.0623. The van der Waals surface area contributed by atoms with Crippen molar-refractivity contribution in [1.82, 2.24) is 0 Å². The van der Waals surface area contributed by atoms with Crippen molar-refractivity contribution in [2.45, 2.75) is 29.4 Å². The van der Waals surface area contributed by atoms with Gasteiger partial charge in [0.1, 0.15) is 0 Å². The van der Waals surface area contributed by atoms with Crippen molar-refractivity contribution >= 4 is 35.0 Å². The molecule has 1 fully saturated rings. The van der Waals surface area contributed by atoms with E-state index in [4.69, 9.17) is 16.3 Å². The fourth-order valence-corrected chi connectivity index (χ4v) is 4.69. The number of aliphatic hydroxyl groups is 1. The van der Waals surface area contributed by atoms with Crippen molar-refractivity contribution in [1.29, 1.82) is 0 Å². The molecule has 2 N–H and O–H groups in total. The summed E-state index contributed by atoms with van der Waals surface area (Å²) in [6.07, 6.45) is 2.68. The number of ether oxygens (including phenoxy) is 1. The number of anilines is 1. The van der Waals surface area contributed by atoms with Crippen LogP contribution in [0.4, 0.5) is 18.9 Å². The van der Waals surface area contributed by atoms with Gasteiger partial charge in [0.25, 0.3) is 5.91 Å². The summed E-state index contributed by atoms with van der Waals surface area (Å²) in [5.74, 6) is -4.55. The third-order valence-electron chi connectivity index (χ3n) is 4.87. The predicted molar refractivity (Wildman–Crippen MR) is 111 cm³/mol. The monoisotopic (exact) mass is 459 g/mol. The van der Waals surface area contributed by atoms with Crippen molar-refractivity contribution in [3.05, 3.63) is 58.4 Å². The number of carbonyl (C=O) groups excluding carboxylic acids is 1. The van der Waals surface area contributed by atoms with Crippen LogP contribution in [0.2, 0.25) is 5.02 Å². The molecule has 1 aliphatic heterocycles. The maximum absolute atomic E-state index is 13.4. The minimum Gasteiger partial charge on any atom is -0.395 e. The van der Waals surface area contributed by atoms with Crippen molar-refractivity contribution < 1.29 is 27.8 Å². The second-order valence-corrected chi connectivity index (χ2v) is 8.82. The van der Waals surface area contributed by atoms with Gasteiger partial charge in [0.15, 0.2) is 17.5 Å². The lowest BCUT2D eigenvalue weighted by Gasteiger charge is -2.25. The fraction of sp³-hybridized carbons (Fsp3) is 0.381. The van der Waals surface area contributed by atoms with Crippen LogP contribution in [0, 0.1) is 23.4 Å². The molecule has 30 heavy (non-hydrogen) atoms. The Balaban J connectivity index is 1.71. The molecule has 1 atom stereocenters. The molecule has 0 saturated carbocycles. The number of hydrogen-bond donors (Lipinski definition) is 2. The van der Waals surface area contributed by atoms with E-state index < -0.39 is 23.4 Å². The van der Waals surface area contributed by atoms with Crippen LogP contribution in [0.25, 0.3) is 0 Å². The van der Waals surface area contributed by atoms with Crippen molar-refractivity contribution in [2.24, 2.45) is 5.92 Å². The minimum atomic E-state index is -1.60. The van der Waals surface area contributed by atoms with Crippen LogP contribution in [0.5, 0.6) is 0 Å². The molecule has 9 heteroatoms. The summed E-state index contributed by atoms with van der Waals surface area (Å²) in [4.78, 5) is 13.1. The highest BCUT2D eigenvalue weighted by atomic mass is 35.5. The zero-order valence-corrected chi connectivity index (χ0v) is 17.5. The van der Waals surface area contributed by atoms with Gasteiger partial charge in [0, 0.05) is 46.7 Å². The number of carbonyl (C=O) groups is 1. The van der Waals surface area contributed by atoms with Crippen LogP contribution in [0.3, 0.4) is 0 Å². The number of thioether (sulfide) groups is 1. The molecule has 0 bridgehead atoms. The van der Waals surface area contributed by atoms with Gasteiger partial charge in [0.2, 0.25) is 0 Å². The van der Waals surface area contributed by atoms with E-state index in [-0.39, 0.29) is 23.1 Å². The van der Waals surface area contributed by atoms with Crippen LogP contribution < -0.4 is 5.32 Å². The minimum absolute atomic E-state index is 0.0388. The molecule has 0 aromatic heterocycles. The van der Waals surface area contributed by atoms with Gasteiger partial charge >= 0.3 is 0 Å². The lowest BCUT2D eigenvalue weighted by atomic mass is 9.95. The zero-order valence-electron chi connectivity index (χ0n) is 16.0. The molecule has 3 rings (SSSR count). The summed E-state index contributed by atoms with van der Waals surface area (Å²) >= 11 is 7.65. The maximum atomic E-state index is 13.4.